The molecule has 0 amide bonds. The van der Waals surface area contributed by atoms with Gasteiger partial charge in [-0.2, -0.15) is 5.10 Å². The monoisotopic (exact) mass is 614 g/mol. The van der Waals surface area contributed by atoms with Crippen molar-refractivity contribution < 1.29 is 0 Å². The van der Waals surface area contributed by atoms with Gasteiger partial charge in [-0.15, -0.1) is 0 Å². The van der Waals surface area contributed by atoms with Crippen molar-refractivity contribution in [2.75, 3.05) is 0 Å². The van der Waals surface area contributed by atoms with Crippen molar-refractivity contribution in [3.63, 3.8) is 0 Å². The van der Waals surface area contributed by atoms with Gasteiger partial charge in [-0.25, -0.2) is 9.50 Å². The van der Waals surface area contributed by atoms with E-state index < -0.39 is 0 Å². The number of allylic oxidation sites excluding steroid dienone is 1. The molecule has 48 heavy (non-hydrogen) atoms. The molecule has 1 atom stereocenters. The topological polar surface area (TPSA) is 43.1 Å². The van der Waals surface area contributed by atoms with E-state index in [9.17, 15) is 0 Å². The Morgan fingerprint density at radius 3 is 2.44 bits per heavy atom. The first-order chi connectivity index (χ1) is 23.6. The van der Waals surface area contributed by atoms with Gasteiger partial charge >= 0.3 is 0 Å². The third kappa shape index (κ3) is 4.06. The summed E-state index contributed by atoms with van der Waals surface area (Å²) in [6, 6.07) is 47.6. The van der Waals surface area contributed by atoms with Gasteiger partial charge in [0.15, 0.2) is 0 Å². The van der Waals surface area contributed by atoms with Crippen LogP contribution in [-0.2, 0) is 11.8 Å². The van der Waals surface area contributed by atoms with E-state index in [1.165, 1.54) is 38.4 Å². The molecule has 0 aliphatic heterocycles. The fraction of sp³-hybridized carbons (Fsp3) is 0.0682. The predicted octanol–water partition coefficient (Wildman–Crippen LogP) is 10.6. The first-order valence-electron chi connectivity index (χ1n) is 16.5. The quantitative estimate of drug-likeness (QED) is 0.199. The molecule has 0 saturated carbocycles. The number of rotatable bonds is 3. The van der Waals surface area contributed by atoms with Crippen LogP contribution in [0, 0.1) is 0 Å². The van der Waals surface area contributed by atoms with E-state index >= 15 is 0 Å². The molecule has 9 aromatic rings. The van der Waals surface area contributed by atoms with Crippen LogP contribution in [0.15, 0.2) is 146 Å². The van der Waals surface area contributed by atoms with Crippen molar-refractivity contribution in [3.05, 3.63) is 162 Å². The predicted molar refractivity (Wildman–Crippen MR) is 198 cm³/mol. The van der Waals surface area contributed by atoms with Crippen LogP contribution in [0.5, 0.6) is 0 Å². The summed E-state index contributed by atoms with van der Waals surface area (Å²) in [6.07, 6.45) is 7.48. The number of fused-ring (bicyclic) bond motifs is 8. The lowest BCUT2D eigenvalue weighted by atomic mass is 9.71. The molecule has 0 fully saturated rings. The summed E-state index contributed by atoms with van der Waals surface area (Å²) in [6.45, 7) is 2.36. The lowest BCUT2D eigenvalue weighted by molar-refractivity contribution is 0.594. The minimum absolute atomic E-state index is 0.172. The van der Waals surface area contributed by atoms with Crippen LogP contribution >= 0.6 is 0 Å². The van der Waals surface area contributed by atoms with Gasteiger partial charge in [0.25, 0.3) is 0 Å². The third-order valence-electron chi connectivity index (χ3n) is 10.2. The zero-order chi connectivity index (χ0) is 31.8. The fourth-order valence-electron chi connectivity index (χ4n) is 7.82. The molecule has 0 saturated heterocycles. The molecule has 0 bridgehead atoms. The summed E-state index contributed by atoms with van der Waals surface area (Å²) < 4.78 is 2.02. The highest BCUT2D eigenvalue weighted by atomic mass is 15.2. The molecular formula is C44H30N4. The first kappa shape index (κ1) is 27.0. The maximum absolute atomic E-state index is 5.20. The number of benzene rings is 5. The molecule has 1 aliphatic carbocycles. The van der Waals surface area contributed by atoms with Gasteiger partial charge in [0, 0.05) is 27.8 Å². The SMILES string of the molecule is CC1(c2ccc(-c3ccc4ccc(-c5cccc6c7ccccc7nn56)nc4c3)c3ccccc23)C=Cc2ccc3cccnc3c2C1. The molecule has 4 nitrogen and oxygen atoms in total. The number of pyridine rings is 3. The summed E-state index contributed by atoms with van der Waals surface area (Å²) in [5.74, 6) is 0. The van der Waals surface area contributed by atoms with Gasteiger partial charge in [0.1, 0.15) is 0 Å². The van der Waals surface area contributed by atoms with Crippen LogP contribution in [0.4, 0.5) is 0 Å². The zero-order valence-corrected chi connectivity index (χ0v) is 26.4. The molecule has 1 aliphatic rings. The summed E-state index contributed by atoms with van der Waals surface area (Å²) in [5.41, 5.74) is 12.1. The van der Waals surface area contributed by atoms with Gasteiger partial charge in [-0.05, 0) is 81.4 Å². The molecule has 5 aromatic carbocycles. The lowest BCUT2D eigenvalue weighted by Crippen LogP contribution is -2.25. The second kappa shape index (κ2) is 10.2. The molecule has 0 N–H and O–H groups in total. The van der Waals surface area contributed by atoms with Crippen LogP contribution < -0.4 is 0 Å². The second-order valence-electron chi connectivity index (χ2n) is 13.2. The highest BCUT2D eigenvalue weighted by molar-refractivity contribution is 6.01. The van der Waals surface area contributed by atoms with Crippen molar-refractivity contribution in [1.29, 1.82) is 0 Å². The Hall–Kier alpha value is -6.13. The molecule has 4 heterocycles. The van der Waals surface area contributed by atoms with Crippen LogP contribution in [0.2, 0.25) is 0 Å². The maximum atomic E-state index is 5.20. The van der Waals surface area contributed by atoms with Crippen molar-refractivity contribution in [1.82, 2.24) is 19.6 Å². The molecule has 10 rings (SSSR count). The van der Waals surface area contributed by atoms with E-state index in [1.807, 2.05) is 22.8 Å². The molecule has 0 spiro atoms. The number of hydrogen-bond donors (Lipinski definition) is 0. The van der Waals surface area contributed by atoms with Crippen molar-refractivity contribution in [2.24, 2.45) is 0 Å². The minimum atomic E-state index is -0.172. The van der Waals surface area contributed by atoms with Gasteiger partial charge in [-0.3, -0.25) is 4.98 Å². The summed E-state index contributed by atoms with van der Waals surface area (Å²) in [7, 11) is 0. The summed E-state index contributed by atoms with van der Waals surface area (Å²) in [4.78, 5) is 10.0. The van der Waals surface area contributed by atoms with Crippen molar-refractivity contribution >= 4 is 55.1 Å². The van der Waals surface area contributed by atoms with Gasteiger partial charge in [0.05, 0.1) is 33.5 Å². The Labute approximate surface area is 277 Å². The van der Waals surface area contributed by atoms with E-state index in [-0.39, 0.29) is 5.41 Å². The Bertz CT molecular complexity index is 2790. The highest BCUT2D eigenvalue weighted by Crippen LogP contribution is 2.43. The minimum Gasteiger partial charge on any atom is -0.256 e. The van der Waals surface area contributed by atoms with Crippen molar-refractivity contribution in [2.45, 2.75) is 18.8 Å². The zero-order valence-electron chi connectivity index (χ0n) is 26.4. The third-order valence-corrected chi connectivity index (χ3v) is 10.2. The number of aromatic nitrogens is 4. The van der Waals surface area contributed by atoms with Crippen LogP contribution in [0.1, 0.15) is 23.6 Å². The second-order valence-corrected chi connectivity index (χ2v) is 13.2. The van der Waals surface area contributed by atoms with E-state index in [0.717, 1.165) is 56.2 Å². The fourth-order valence-corrected chi connectivity index (χ4v) is 7.82. The largest absolute Gasteiger partial charge is 0.256 e. The normalized spacial score (nSPS) is 15.9. The number of nitrogens with zero attached hydrogens (tertiary/aromatic N) is 4. The van der Waals surface area contributed by atoms with Crippen LogP contribution in [-0.4, -0.2) is 19.6 Å². The van der Waals surface area contributed by atoms with Gasteiger partial charge < -0.3 is 0 Å². The van der Waals surface area contributed by atoms with E-state index in [0.29, 0.717) is 0 Å². The molecule has 4 heteroatoms. The van der Waals surface area contributed by atoms with Crippen LogP contribution in [0.3, 0.4) is 0 Å². The van der Waals surface area contributed by atoms with E-state index in [2.05, 4.69) is 140 Å². The summed E-state index contributed by atoms with van der Waals surface area (Å²) in [5, 5.41) is 10.9. The molecule has 4 aromatic heterocycles. The Kier molecular flexibility index (Phi) is 5.73. The molecule has 1 unspecified atom stereocenters. The van der Waals surface area contributed by atoms with Crippen molar-refractivity contribution in [3.8, 4) is 22.5 Å². The molecule has 0 radical (unpaired) electrons. The average molecular weight is 615 g/mol. The average Bonchev–Trinajstić information content (AvgIpc) is 3.53. The summed E-state index contributed by atoms with van der Waals surface area (Å²) >= 11 is 0. The number of hydrogen-bond acceptors (Lipinski definition) is 3. The maximum Gasteiger partial charge on any atom is 0.0934 e. The van der Waals surface area contributed by atoms with Gasteiger partial charge in [-0.1, -0.05) is 116 Å². The Morgan fingerprint density at radius 2 is 1.50 bits per heavy atom. The molecular weight excluding hydrogens is 585 g/mol. The van der Waals surface area contributed by atoms with Gasteiger partial charge in [0.2, 0.25) is 0 Å². The van der Waals surface area contributed by atoms with E-state index in [1.54, 1.807) is 0 Å². The van der Waals surface area contributed by atoms with E-state index in [4.69, 9.17) is 15.1 Å². The Balaban J connectivity index is 1.08. The highest BCUT2D eigenvalue weighted by Gasteiger charge is 2.31. The first-order valence-corrected chi connectivity index (χ1v) is 16.5. The molecule has 226 valence electrons. The Morgan fingerprint density at radius 1 is 0.667 bits per heavy atom. The standard InChI is InChI=1S/C44H30N4/c1-44(24-23-28-15-17-30-8-7-25-45-43(30)36(28)27-44)37-21-20-32(33-9-2-3-10-34(33)37)31-18-16-29-19-22-39(46-40(29)26-31)42-14-6-13-41-35-11-4-5-12-38(35)47-48(41)42/h2-26H,27H2,1H3. The smallest absolute Gasteiger partial charge is 0.0934 e. The van der Waals surface area contributed by atoms with Crippen LogP contribution in [0.25, 0.3) is 77.6 Å². The lowest BCUT2D eigenvalue weighted by Gasteiger charge is -2.33.